The molecule has 0 spiro atoms. The first-order valence-electron chi connectivity index (χ1n) is 5.03. The number of carbonyl (C=O) groups excluding carboxylic acids is 1. The van der Waals surface area contributed by atoms with Gasteiger partial charge in [-0.15, -0.1) is 0 Å². The van der Waals surface area contributed by atoms with E-state index >= 15 is 0 Å². The summed E-state index contributed by atoms with van der Waals surface area (Å²) < 4.78 is 5.32. The van der Waals surface area contributed by atoms with Crippen LogP contribution in [0.25, 0.3) is 0 Å². The zero-order valence-electron chi connectivity index (χ0n) is 9.17. The first-order valence-corrected chi connectivity index (χ1v) is 5.03. The highest BCUT2D eigenvalue weighted by atomic mass is 16.4. The average molecular weight is 211 g/mol. The molecule has 0 bridgehead atoms. The third kappa shape index (κ3) is 3.71. The van der Waals surface area contributed by atoms with E-state index in [0.29, 0.717) is 31.8 Å². The highest BCUT2D eigenvalue weighted by Gasteiger charge is 2.06. The third-order valence-corrected chi connectivity index (χ3v) is 2.12. The van der Waals surface area contributed by atoms with Gasteiger partial charge in [0.15, 0.2) is 0 Å². The number of nitrogens with zero attached hydrogens (tertiary/aromatic N) is 1. The summed E-state index contributed by atoms with van der Waals surface area (Å²) in [4.78, 5) is 15.4. The first kappa shape index (κ1) is 11.7. The zero-order valence-corrected chi connectivity index (χ0v) is 9.17. The Kier molecular flexibility index (Phi) is 4.30. The maximum Gasteiger partial charge on any atom is 0.220 e. The summed E-state index contributed by atoms with van der Waals surface area (Å²) in [5.41, 5.74) is 6.16. The van der Waals surface area contributed by atoms with Crippen LogP contribution in [0.4, 0.5) is 0 Å². The molecule has 0 saturated carbocycles. The molecule has 0 radical (unpaired) electrons. The maximum absolute atomic E-state index is 11.2. The molecule has 1 aromatic rings. The molecule has 5 heteroatoms. The molecule has 3 N–H and O–H groups in total. The van der Waals surface area contributed by atoms with Crippen LogP contribution >= 0.6 is 0 Å². The van der Waals surface area contributed by atoms with Crippen molar-refractivity contribution in [1.82, 2.24) is 10.3 Å². The Bertz CT molecular complexity index is 314. The number of aromatic nitrogens is 1. The number of carbonyl (C=O) groups is 1. The Morgan fingerprint density at radius 2 is 2.27 bits per heavy atom. The lowest BCUT2D eigenvalue weighted by atomic mass is 10.3. The number of hydrogen-bond donors (Lipinski definition) is 2. The Morgan fingerprint density at radius 1 is 1.53 bits per heavy atom. The van der Waals surface area contributed by atoms with E-state index in [1.54, 1.807) is 0 Å². The minimum absolute atomic E-state index is 0.0195. The van der Waals surface area contributed by atoms with E-state index in [2.05, 4.69) is 10.3 Å². The van der Waals surface area contributed by atoms with Gasteiger partial charge in [0.25, 0.3) is 0 Å². The van der Waals surface area contributed by atoms with Crippen molar-refractivity contribution in [1.29, 1.82) is 0 Å². The van der Waals surface area contributed by atoms with E-state index in [-0.39, 0.29) is 5.91 Å². The minimum Gasteiger partial charge on any atom is -0.444 e. The summed E-state index contributed by atoms with van der Waals surface area (Å²) in [5, 5.41) is 2.72. The molecule has 5 nitrogen and oxygen atoms in total. The lowest BCUT2D eigenvalue weighted by Gasteiger charge is -2.00. The summed E-state index contributed by atoms with van der Waals surface area (Å²) >= 11 is 0. The molecule has 1 heterocycles. The van der Waals surface area contributed by atoms with Gasteiger partial charge in [-0.05, 0) is 26.8 Å². The largest absolute Gasteiger partial charge is 0.444 e. The number of aryl methyl sites for hydroxylation is 2. The molecule has 1 amide bonds. The second-order valence-corrected chi connectivity index (χ2v) is 3.42. The van der Waals surface area contributed by atoms with Gasteiger partial charge in [0.05, 0.1) is 12.2 Å². The first-order chi connectivity index (χ1) is 7.13. The smallest absolute Gasteiger partial charge is 0.220 e. The predicted molar refractivity (Wildman–Crippen MR) is 56.1 cm³/mol. The van der Waals surface area contributed by atoms with E-state index in [0.717, 1.165) is 11.5 Å². The molecule has 0 aromatic carbocycles. The summed E-state index contributed by atoms with van der Waals surface area (Å²) in [7, 11) is 0. The van der Waals surface area contributed by atoms with Gasteiger partial charge in [-0.3, -0.25) is 4.79 Å². The van der Waals surface area contributed by atoms with Crippen molar-refractivity contribution in [3.8, 4) is 0 Å². The Balaban J connectivity index is 2.33. The van der Waals surface area contributed by atoms with Crippen LogP contribution in [0.15, 0.2) is 4.42 Å². The summed E-state index contributed by atoms with van der Waals surface area (Å²) in [6, 6.07) is 0. The monoisotopic (exact) mass is 211 g/mol. The lowest BCUT2D eigenvalue weighted by Crippen LogP contribution is -2.23. The molecular weight excluding hydrogens is 194 g/mol. The molecule has 0 saturated heterocycles. The third-order valence-electron chi connectivity index (χ3n) is 2.12. The number of nitrogens with one attached hydrogen (secondary N) is 1. The van der Waals surface area contributed by atoms with E-state index < -0.39 is 0 Å². The number of amides is 1. The van der Waals surface area contributed by atoms with Crippen molar-refractivity contribution in [3.05, 3.63) is 17.3 Å². The van der Waals surface area contributed by atoms with Gasteiger partial charge >= 0.3 is 0 Å². The van der Waals surface area contributed by atoms with Crippen LogP contribution in [0.2, 0.25) is 0 Å². The summed E-state index contributed by atoms with van der Waals surface area (Å²) in [6.07, 6.45) is 1.16. The van der Waals surface area contributed by atoms with Gasteiger partial charge in [-0.1, -0.05) is 0 Å². The second-order valence-electron chi connectivity index (χ2n) is 3.42. The van der Waals surface area contributed by atoms with Gasteiger partial charge in [0, 0.05) is 6.42 Å². The number of oxazole rings is 1. The van der Waals surface area contributed by atoms with Gasteiger partial charge in [0.2, 0.25) is 11.8 Å². The predicted octanol–water partition coefficient (Wildman–Crippen LogP) is 0.647. The molecule has 0 aliphatic heterocycles. The van der Waals surface area contributed by atoms with E-state index in [1.807, 2.05) is 13.8 Å². The summed E-state index contributed by atoms with van der Waals surface area (Å²) in [6.45, 7) is 4.60. The molecule has 0 unspecified atom stereocenters. The average Bonchev–Trinajstić information content (AvgIpc) is 2.52. The highest BCUT2D eigenvalue weighted by molar-refractivity contribution is 5.75. The quantitative estimate of drug-likeness (QED) is 0.749. The van der Waals surface area contributed by atoms with Gasteiger partial charge in [-0.25, -0.2) is 4.98 Å². The second kappa shape index (κ2) is 5.50. The topological polar surface area (TPSA) is 81.2 Å². The molecule has 1 rings (SSSR count). The van der Waals surface area contributed by atoms with Crippen molar-refractivity contribution in [2.45, 2.75) is 33.2 Å². The number of nitrogens with two attached hydrogens (primary N) is 1. The van der Waals surface area contributed by atoms with E-state index in [9.17, 15) is 4.79 Å². The normalized spacial score (nSPS) is 10.3. The maximum atomic E-state index is 11.2. The molecule has 0 aliphatic rings. The van der Waals surface area contributed by atoms with Crippen LogP contribution < -0.4 is 11.1 Å². The fraction of sp³-hybridized carbons (Fsp3) is 0.600. The van der Waals surface area contributed by atoms with Crippen LogP contribution in [0.5, 0.6) is 0 Å². The standard InChI is InChI=1S/C10H17N3O2/c1-7-8(2)15-10(13-7)6-12-9(14)4-3-5-11/h3-6,11H2,1-2H3,(H,12,14). The fourth-order valence-electron chi connectivity index (χ4n) is 1.14. The molecule has 15 heavy (non-hydrogen) atoms. The lowest BCUT2D eigenvalue weighted by molar-refractivity contribution is -0.121. The van der Waals surface area contributed by atoms with Gasteiger partial charge in [0.1, 0.15) is 5.76 Å². The van der Waals surface area contributed by atoms with Crippen LogP contribution in [0.1, 0.15) is 30.2 Å². The van der Waals surface area contributed by atoms with Crippen molar-refractivity contribution in [2.24, 2.45) is 5.73 Å². The molecule has 1 aromatic heterocycles. The van der Waals surface area contributed by atoms with E-state index in [4.69, 9.17) is 10.2 Å². The molecule has 0 aliphatic carbocycles. The van der Waals surface area contributed by atoms with E-state index in [1.165, 1.54) is 0 Å². The SMILES string of the molecule is Cc1nc(CNC(=O)CCCN)oc1C. The molecular formula is C10H17N3O2. The molecule has 84 valence electrons. The minimum atomic E-state index is -0.0195. The van der Waals surface area contributed by atoms with Crippen LogP contribution in [0.3, 0.4) is 0 Å². The van der Waals surface area contributed by atoms with Crippen molar-refractivity contribution < 1.29 is 9.21 Å². The highest BCUT2D eigenvalue weighted by Crippen LogP contribution is 2.07. The number of hydrogen-bond acceptors (Lipinski definition) is 4. The Labute approximate surface area is 89.1 Å². The number of rotatable bonds is 5. The Morgan fingerprint density at radius 3 is 2.80 bits per heavy atom. The van der Waals surface area contributed by atoms with Gasteiger partial charge < -0.3 is 15.5 Å². The van der Waals surface area contributed by atoms with Crippen molar-refractivity contribution in [3.63, 3.8) is 0 Å². The Hall–Kier alpha value is -1.36. The van der Waals surface area contributed by atoms with Crippen molar-refractivity contribution >= 4 is 5.91 Å². The summed E-state index contributed by atoms with van der Waals surface area (Å²) in [5.74, 6) is 1.32. The van der Waals surface area contributed by atoms with Crippen molar-refractivity contribution in [2.75, 3.05) is 6.54 Å². The molecule has 0 atom stereocenters. The van der Waals surface area contributed by atoms with Crippen LogP contribution in [-0.2, 0) is 11.3 Å². The molecule has 0 fully saturated rings. The zero-order chi connectivity index (χ0) is 11.3. The van der Waals surface area contributed by atoms with Crippen LogP contribution in [0, 0.1) is 13.8 Å². The van der Waals surface area contributed by atoms with Gasteiger partial charge in [-0.2, -0.15) is 0 Å². The van der Waals surface area contributed by atoms with Crippen LogP contribution in [-0.4, -0.2) is 17.4 Å². The fourth-order valence-corrected chi connectivity index (χ4v) is 1.14.